The number of pyridine rings is 1. The molecule has 0 aliphatic heterocycles. The third-order valence-corrected chi connectivity index (χ3v) is 2.98. The van der Waals surface area contributed by atoms with E-state index in [1.165, 1.54) is 0 Å². The highest BCUT2D eigenvalue weighted by molar-refractivity contribution is 9.10. The molecule has 5 nitrogen and oxygen atoms in total. The second kappa shape index (κ2) is 4.97. The molecule has 2 rings (SSSR count). The predicted molar refractivity (Wildman–Crippen MR) is 65.6 cm³/mol. The van der Waals surface area contributed by atoms with Gasteiger partial charge in [-0.05, 0) is 15.9 Å². The van der Waals surface area contributed by atoms with Crippen molar-refractivity contribution >= 4 is 39.0 Å². The minimum Gasteiger partial charge on any atom is -0.444 e. The van der Waals surface area contributed by atoms with Crippen LogP contribution < -0.4 is 5.32 Å². The zero-order chi connectivity index (χ0) is 12.3. The summed E-state index contributed by atoms with van der Waals surface area (Å²) in [5, 5.41) is 12.5. The number of fused-ring (bicyclic) bond motifs is 1. The zero-order valence-corrected chi connectivity index (χ0v) is 10.3. The predicted octanol–water partition coefficient (Wildman–Crippen LogP) is 2.46. The fourth-order valence-corrected chi connectivity index (χ4v) is 1.96. The summed E-state index contributed by atoms with van der Waals surface area (Å²) in [6, 6.07) is 3.58. The number of rotatable bonds is 4. The van der Waals surface area contributed by atoms with E-state index < -0.39 is 0 Å². The molecule has 2 aromatic rings. The first kappa shape index (κ1) is 11.6. The van der Waals surface area contributed by atoms with E-state index in [0.717, 1.165) is 16.1 Å². The number of anilines is 1. The van der Waals surface area contributed by atoms with E-state index in [0.29, 0.717) is 24.4 Å². The van der Waals surface area contributed by atoms with Crippen LogP contribution in [0, 0.1) is 11.3 Å². The van der Waals surface area contributed by atoms with Gasteiger partial charge in [-0.3, -0.25) is 0 Å². The van der Waals surface area contributed by atoms with Crippen molar-refractivity contribution in [2.45, 2.75) is 6.42 Å². The van der Waals surface area contributed by atoms with Crippen LogP contribution in [0.5, 0.6) is 0 Å². The highest BCUT2D eigenvalue weighted by Crippen LogP contribution is 2.31. The number of nitrogens with zero attached hydrogens (tertiary/aromatic N) is 2. The van der Waals surface area contributed by atoms with Crippen LogP contribution in [0.15, 0.2) is 21.2 Å². The van der Waals surface area contributed by atoms with Gasteiger partial charge in [0.15, 0.2) is 5.58 Å². The van der Waals surface area contributed by atoms with Gasteiger partial charge in [0.05, 0.1) is 10.7 Å². The number of carbonyl (C=O) groups excluding carboxylic acids is 1. The number of nitriles is 1. The lowest BCUT2D eigenvalue weighted by atomic mass is 10.3. The number of aromatic nitrogens is 1. The number of furan rings is 1. The molecule has 0 aliphatic carbocycles. The maximum Gasteiger partial charge on any atom is 0.204 e. The number of aldehydes is 1. The van der Waals surface area contributed by atoms with Crippen molar-refractivity contribution in [2.24, 2.45) is 0 Å². The summed E-state index contributed by atoms with van der Waals surface area (Å²) in [6.07, 6.45) is 2.80. The van der Waals surface area contributed by atoms with E-state index in [4.69, 9.17) is 9.68 Å². The third kappa shape index (κ3) is 2.29. The van der Waals surface area contributed by atoms with Gasteiger partial charge in [0.1, 0.15) is 18.2 Å². The maximum atomic E-state index is 10.2. The highest BCUT2D eigenvalue weighted by Gasteiger charge is 2.11. The molecule has 0 atom stereocenters. The van der Waals surface area contributed by atoms with Crippen LogP contribution in [0.4, 0.5) is 5.82 Å². The fraction of sp³-hybridized carbons (Fsp3) is 0.182. The molecule has 6 heteroatoms. The monoisotopic (exact) mass is 293 g/mol. The van der Waals surface area contributed by atoms with Crippen molar-refractivity contribution in [1.82, 2.24) is 4.98 Å². The first-order chi connectivity index (χ1) is 8.26. The van der Waals surface area contributed by atoms with E-state index in [-0.39, 0.29) is 5.76 Å². The van der Waals surface area contributed by atoms with Gasteiger partial charge in [0.2, 0.25) is 5.76 Å². The first-order valence-electron chi connectivity index (χ1n) is 4.92. The third-order valence-electron chi connectivity index (χ3n) is 2.18. The summed E-state index contributed by atoms with van der Waals surface area (Å²) in [7, 11) is 0. The molecule has 0 fully saturated rings. The van der Waals surface area contributed by atoms with Crippen LogP contribution >= 0.6 is 15.9 Å². The summed E-state index contributed by atoms with van der Waals surface area (Å²) < 4.78 is 5.97. The molecule has 0 aliphatic rings. The van der Waals surface area contributed by atoms with Crippen LogP contribution in [0.1, 0.15) is 12.2 Å². The van der Waals surface area contributed by atoms with E-state index in [9.17, 15) is 4.79 Å². The zero-order valence-electron chi connectivity index (χ0n) is 8.74. The van der Waals surface area contributed by atoms with Gasteiger partial charge in [0.25, 0.3) is 0 Å². The van der Waals surface area contributed by atoms with Crippen molar-refractivity contribution in [1.29, 1.82) is 5.26 Å². The van der Waals surface area contributed by atoms with Gasteiger partial charge in [-0.15, -0.1) is 0 Å². The Morgan fingerprint density at radius 2 is 2.47 bits per heavy atom. The van der Waals surface area contributed by atoms with Gasteiger partial charge in [0, 0.05) is 24.4 Å². The molecular weight excluding hydrogens is 286 g/mol. The molecule has 0 amide bonds. The standard InChI is InChI=1S/C11H8BrN3O2/c12-10-8-4-7(5-13)17-9(8)6-15-11(10)14-2-1-3-16/h3-4,6H,1-2H2,(H,14,15). The second-order valence-electron chi connectivity index (χ2n) is 3.30. The first-order valence-corrected chi connectivity index (χ1v) is 5.71. The molecule has 1 N–H and O–H groups in total. The molecule has 0 saturated carbocycles. The molecule has 2 aromatic heterocycles. The lowest BCUT2D eigenvalue weighted by molar-refractivity contribution is -0.107. The molecule has 0 radical (unpaired) electrons. The fourth-order valence-electron chi connectivity index (χ4n) is 1.41. The van der Waals surface area contributed by atoms with Crippen LogP contribution in [0.2, 0.25) is 0 Å². The number of halogens is 1. The molecule has 0 unspecified atom stereocenters. The Morgan fingerprint density at radius 1 is 1.65 bits per heavy atom. The average molecular weight is 294 g/mol. The van der Waals surface area contributed by atoms with E-state index >= 15 is 0 Å². The summed E-state index contributed by atoms with van der Waals surface area (Å²) >= 11 is 3.39. The highest BCUT2D eigenvalue weighted by atomic mass is 79.9. The molecule has 0 saturated heterocycles. The Kier molecular flexibility index (Phi) is 3.40. The molecule has 0 spiro atoms. The topological polar surface area (TPSA) is 78.9 Å². The average Bonchev–Trinajstić information content (AvgIpc) is 2.76. The number of hydrogen-bond donors (Lipinski definition) is 1. The van der Waals surface area contributed by atoms with E-state index in [1.807, 2.05) is 6.07 Å². The summed E-state index contributed by atoms with van der Waals surface area (Å²) in [4.78, 5) is 14.4. The summed E-state index contributed by atoms with van der Waals surface area (Å²) in [6.45, 7) is 0.517. The molecule has 86 valence electrons. The van der Waals surface area contributed by atoms with Crippen molar-refractivity contribution in [3.63, 3.8) is 0 Å². The van der Waals surface area contributed by atoms with Gasteiger partial charge in [-0.2, -0.15) is 5.26 Å². The minimum absolute atomic E-state index is 0.243. The lowest BCUT2D eigenvalue weighted by Gasteiger charge is -2.05. The van der Waals surface area contributed by atoms with Crippen molar-refractivity contribution < 1.29 is 9.21 Å². The Balaban J connectivity index is 2.36. The maximum absolute atomic E-state index is 10.2. The van der Waals surface area contributed by atoms with Crippen molar-refractivity contribution in [3.8, 4) is 6.07 Å². The van der Waals surface area contributed by atoms with Crippen LogP contribution in [-0.4, -0.2) is 17.8 Å². The van der Waals surface area contributed by atoms with Crippen molar-refractivity contribution in [3.05, 3.63) is 22.5 Å². The normalized spacial score (nSPS) is 10.1. The lowest BCUT2D eigenvalue weighted by Crippen LogP contribution is -2.04. The molecule has 0 bridgehead atoms. The molecule has 2 heterocycles. The Bertz CT molecular complexity index is 601. The Hall–Kier alpha value is -1.87. The van der Waals surface area contributed by atoms with Crippen LogP contribution in [-0.2, 0) is 4.79 Å². The SMILES string of the molecule is N#Cc1cc2c(Br)c(NCCC=O)ncc2o1. The van der Waals surface area contributed by atoms with E-state index in [2.05, 4.69) is 26.2 Å². The number of carbonyl (C=O) groups is 1. The summed E-state index contributed by atoms with van der Waals surface area (Å²) in [5.41, 5.74) is 0.550. The quantitative estimate of drug-likeness (QED) is 0.692. The van der Waals surface area contributed by atoms with Crippen LogP contribution in [0.3, 0.4) is 0 Å². The Morgan fingerprint density at radius 3 is 3.18 bits per heavy atom. The smallest absolute Gasteiger partial charge is 0.204 e. The molecule has 17 heavy (non-hydrogen) atoms. The minimum atomic E-state index is 0.243. The number of hydrogen-bond acceptors (Lipinski definition) is 5. The summed E-state index contributed by atoms with van der Waals surface area (Å²) in [5.74, 6) is 0.872. The molecule has 0 aromatic carbocycles. The largest absolute Gasteiger partial charge is 0.444 e. The van der Waals surface area contributed by atoms with Gasteiger partial charge in [-0.1, -0.05) is 0 Å². The second-order valence-corrected chi connectivity index (χ2v) is 4.10. The van der Waals surface area contributed by atoms with Crippen LogP contribution in [0.25, 0.3) is 11.0 Å². The van der Waals surface area contributed by atoms with Gasteiger partial charge in [-0.25, -0.2) is 4.98 Å². The van der Waals surface area contributed by atoms with Gasteiger partial charge < -0.3 is 14.5 Å². The van der Waals surface area contributed by atoms with Crippen molar-refractivity contribution in [2.75, 3.05) is 11.9 Å². The van der Waals surface area contributed by atoms with Gasteiger partial charge >= 0.3 is 0 Å². The Labute approximate surface area is 106 Å². The number of nitrogens with one attached hydrogen (secondary N) is 1. The van der Waals surface area contributed by atoms with E-state index in [1.54, 1.807) is 12.3 Å². The molecular formula is C11H8BrN3O2.